The summed E-state index contributed by atoms with van der Waals surface area (Å²) >= 11 is 0. The van der Waals surface area contributed by atoms with Gasteiger partial charge in [-0.3, -0.25) is 9.59 Å². The maximum Gasteiger partial charge on any atom is 0.361 e. The molecule has 0 aliphatic rings. The smallest absolute Gasteiger partial charge is 0.361 e. The summed E-state index contributed by atoms with van der Waals surface area (Å²) in [6, 6.07) is 0. The lowest BCUT2D eigenvalue weighted by molar-refractivity contribution is -0.870. The van der Waals surface area contributed by atoms with Crippen LogP contribution in [0.2, 0.25) is 0 Å². The Morgan fingerprint density at radius 3 is 1.28 bits per heavy atom. The standard InChI is InChI=1S/C58H103NO8/c1-6-8-10-12-14-16-18-20-21-22-23-24-25-26-27-28-29-30-31-32-33-34-35-37-38-40-42-44-46-48-55(60)65-52-54(53-66-58(57(62)63)64-51-50-59(3,4)5)67-56(61)49-47-45-43-41-39-36-19-17-15-13-11-9-7-2/h9,11,15,17-18,20,22-23,36,39,54,58H,6-8,10,12-14,16,19,21,24-35,37-38,40-53H2,1-5H3/p+1/b11-9-,17-15-,20-18-,23-22-,39-36-. The second-order valence-corrected chi connectivity index (χ2v) is 19.5. The molecule has 0 aromatic rings. The predicted octanol–water partition coefficient (Wildman–Crippen LogP) is 15.7. The highest BCUT2D eigenvalue weighted by Gasteiger charge is 2.25. The average Bonchev–Trinajstić information content (AvgIpc) is 3.29. The fourth-order valence-corrected chi connectivity index (χ4v) is 7.53. The van der Waals surface area contributed by atoms with E-state index in [9.17, 15) is 19.5 Å². The van der Waals surface area contributed by atoms with Crippen LogP contribution in [-0.4, -0.2) is 87.4 Å². The number of aliphatic carboxylic acids is 1. The molecule has 67 heavy (non-hydrogen) atoms. The van der Waals surface area contributed by atoms with Crippen LogP contribution in [0.3, 0.4) is 0 Å². The van der Waals surface area contributed by atoms with Crippen molar-refractivity contribution in [3.8, 4) is 0 Å². The van der Waals surface area contributed by atoms with E-state index < -0.39 is 24.3 Å². The minimum atomic E-state index is -1.52. The summed E-state index contributed by atoms with van der Waals surface area (Å²) in [5.41, 5.74) is 0. The number of nitrogens with zero attached hydrogens (tertiary/aromatic N) is 1. The average molecular weight is 943 g/mol. The molecular weight excluding hydrogens is 839 g/mol. The van der Waals surface area contributed by atoms with E-state index in [0.29, 0.717) is 23.9 Å². The third-order valence-electron chi connectivity index (χ3n) is 11.8. The lowest BCUT2D eigenvalue weighted by atomic mass is 10.0. The molecule has 9 nitrogen and oxygen atoms in total. The largest absolute Gasteiger partial charge is 0.477 e. The minimum absolute atomic E-state index is 0.181. The molecule has 0 spiro atoms. The van der Waals surface area contributed by atoms with E-state index >= 15 is 0 Å². The fourth-order valence-electron chi connectivity index (χ4n) is 7.53. The van der Waals surface area contributed by atoms with Crippen LogP contribution in [0.15, 0.2) is 60.8 Å². The third-order valence-corrected chi connectivity index (χ3v) is 11.8. The highest BCUT2D eigenvalue weighted by molar-refractivity contribution is 5.71. The Labute approximate surface area is 412 Å². The summed E-state index contributed by atoms with van der Waals surface area (Å²) in [4.78, 5) is 37.2. The van der Waals surface area contributed by atoms with Crippen LogP contribution in [0.5, 0.6) is 0 Å². The van der Waals surface area contributed by atoms with Gasteiger partial charge in [-0.2, -0.15) is 0 Å². The number of esters is 2. The van der Waals surface area contributed by atoms with Gasteiger partial charge in [0.05, 0.1) is 34.4 Å². The van der Waals surface area contributed by atoms with Gasteiger partial charge >= 0.3 is 17.9 Å². The molecule has 0 aromatic carbocycles. The predicted molar refractivity (Wildman–Crippen MR) is 281 cm³/mol. The summed E-state index contributed by atoms with van der Waals surface area (Å²) in [6.07, 6.45) is 58.9. The number of ether oxygens (including phenoxy) is 4. The zero-order valence-electron chi connectivity index (χ0n) is 44.1. The Kier molecular flexibility index (Phi) is 47.2. The quantitative estimate of drug-likeness (QED) is 0.0211. The van der Waals surface area contributed by atoms with Gasteiger partial charge in [0, 0.05) is 12.8 Å². The maximum atomic E-state index is 12.8. The molecule has 0 aliphatic carbocycles. The van der Waals surface area contributed by atoms with E-state index in [1.54, 1.807) is 0 Å². The number of allylic oxidation sites excluding steroid dienone is 10. The normalized spacial score (nSPS) is 13.3. The topological polar surface area (TPSA) is 108 Å². The van der Waals surface area contributed by atoms with E-state index in [0.717, 1.165) is 64.2 Å². The highest BCUT2D eigenvalue weighted by Crippen LogP contribution is 2.16. The first-order valence-electron chi connectivity index (χ1n) is 27.5. The van der Waals surface area contributed by atoms with Gasteiger partial charge in [0.2, 0.25) is 0 Å². The first-order valence-corrected chi connectivity index (χ1v) is 27.5. The van der Waals surface area contributed by atoms with Crippen molar-refractivity contribution in [3.05, 3.63) is 60.8 Å². The SMILES string of the molecule is CC/C=C\C/C=C\C/C=C\CCCCCC(=O)OC(COC(=O)CCCCCCCCCCCCCCCCCCC/C=C\C/C=C\CCCCCCC)COC(OCC[N+](C)(C)C)C(=O)O. The second kappa shape index (κ2) is 49.4. The molecule has 0 amide bonds. The molecule has 0 aromatic heterocycles. The van der Waals surface area contributed by atoms with E-state index in [2.05, 4.69) is 74.6 Å². The van der Waals surface area contributed by atoms with Crippen LogP contribution < -0.4 is 0 Å². The Morgan fingerprint density at radius 1 is 0.463 bits per heavy atom. The van der Waals surface area contributed by atoms with Crippen LogP contribution in [0.4, 0.5) is 0 Å². The van der Waals surface area contributed by atoms with Crippen molar-refractivity contribution < 1.29 is 42.9 Å². The lowest BCUT2D eigenvalue weighted by Crippen LogP contribution is -2.40. The number of carbonyl (C=O) groups excluding carboxylic acids is 2. The van der Waals surface area contributed by atoms with Crippen molar-refractivity contribution in [1.29, 1.82) is 0 Å². The summed E-state index contributed by atoms with van der Waals surface area (Å²) in [5, 5.41) is 9.66. The molecule has 0 bridgehead atoms. The number of rotatable bonds is 50. The molecular formula is C58H104NO8+. The number of likely N-dealkylation sites (N-methyl/N-ethyl adjacent to an activating group) is 1. The number of carboxylic acids is 1. The van der Waals surface area contributed by atoms with Crippen LogP contribution >= 0.6 is 0 Å². The Balaban J connectivity index is 4.14. The molecule has 2 unspecified atom stereocenters. The van der Waals surface area contributed by atoms with E-state index in [1.807, 2.05) is 21.1 Å². The highest BCUT2D eigenvalue weighted by atomic mass is 16.7. The van der Waals surface area contributed by atoms with Gasteiger partial charge in [-0.15, -0.1) is 0 Å². The summed E-state index contributed by atoms with van der Waals surface area (Å²) < 4.78 is 22.8. The van der Waals surface area contributed by atoms with Gasteiger partial charge in [-0.05, 0) is 77.0 Å². The summed E-state index contributed by atoms with van der Waals surface area (Å²) in [7, 11) is 5.95. The monoisotopic (exact) mass is 943 g/mol. The summed E-state index contributed by atoms with van der Waals surface area (Å²) in [6.45, 7) is 4.72. The molecule has 0 rings (SSSR count). The van der Waals surface area contributed by atoms with Gasteiger partial charge in [-0.1, -0.05) is 203 Å². The Bertz CT molecular complexity index is 1280. The third kappa shape index (κ3) is 50.7. The molecule has 2 atom stereocenters. The first-order chi connectivity index (χ1) is 32.6. The molecule has 0 saturated heterocycles. The Morgan fingerprint density at radius 2 is 0.851 bits per heavy atom. The first kappa shape index (κ1) is 64.0. The molecule has 0 heterocycles. The second-order valence-electron chi connectivity index (χ2n) is 19.5. The number of hydrogen-bond donors (Lipinski definition) is 1. The molecule has 0 radical (unpaired) electrons. The van der Waals surface area contributed by atoms with Crippen molar-refractivity contribution in [3.63, 3.8) is 0 Å². The van der Waals surface area contributed by atoms with Gasteiger partial charge < -0.3 is 28.5 Å². The van der Waals surface area contributed by atoms with Crippen molar-refractivity contribution >= 4 is 17.9 Å². The number of carboxylic acid groups (broad SMARTS) is 1. The van der Waals surface area contributed by atoms with Crippen molar-refractivity contribution in [2.45, 2.75) is 245 Å². The van der Waals surface area contributed by atoms with E-state index in [1.165, 1.54) is 135 Å². The number of unbranched alkanes of at least 4 members (excludes halogenated alkanes) is 25. The van der Waals surface area contributed by atoms with E-state index in [-0.39, 0.29) is 32.2 Å². The fraction of sp³-hybridized carbons (Fsp3) is 0.776. The zero-order chi connectivity index (χ0) is 49.2. The van der Waals surface area contributed by atoms with Crippen LogP contribution in [-0.2, 0) is 33.3 Å². The van der Waals surface area contributed by atoms with Crippen LogP contribution in [0, 0.1) is 0 Å². The van der Waals surface area contributed by atoms with Crippen molar-refractivity contribution in [2.24, 2.45) is 0 Å². The number of quaternary nitrogens is 1. The molecule has 0 fully saturated rings. The molecule has 9 heteroatoms. The van der Waals surface area contributed by atoms with Crippen molar-refractivity contribution in [1.82, 2.24) is 0 Å². The Hall–Kier alpha value is -3.01. The minimum Gasteiger partial charge on any atom is -0.477 e. The van der Waals surface area contributed by atoms with Gasteiger partial charge in [0.1, 0.15) is 13.2 Å². The number of hydrogen-bond acceptors (Lipinski definition) is 7. The molecule has 1 N–H and O–H groups in total. The van der Waals surface area contributed by atoms with Crippen molar-refractivity contribution in [2.75, 3.05) is 47.5 Å². The van der Waals surface area contributed by atoms with Crippen LogP contribution in [0.25, 0.3) is 0 Å². The van der Waals surface area contributed by atoms with Crippen LogP contribution in [0.1, 0.15) is 232 Å². The molecule has 388 valence electrons. The zero-order valence-corrected chi connectivity index (χ0v) is 44.1. The van der Waals surface area contributed by atoms with Gasteiger partial charge in [0.25, 0.3) is 6.29 Å². The van der Waals surface area contributed by atoms with Gasteiger partial charge in [0.15, 0.2) is 6.10 Å². The number of carbonyl (C=O) groups is 3. The summed E-state index contributed by atoms with van der Waals surface area (Å²) in [5.74, 6) is -2.04. The molecule has 0 saturated carbocycles. The molecule has 0 aliphatic heterocycles. The van der Waals surface area contributed by atoms with E-state index in [4.69, 9.17) is 18.9 Å². The lowest BCUT2D eigenvalue weighted by Gasteiger charge is -2.25. The maximum absolute atomic E-state index is 12.8. The van der Waals surface area contributed by atoms with Gasteiger partial charge in [-0.25, -0.2) is 4.79 Å².